The van der Waals surface area contributed by atoms with Gasteiger partial charge in [-0.25, -0.2) is 0 Å². The van der Waals surface area contributed by atoms with E-state index >= 15 is 0 Å². The van der Waals surface area contributed by atoms with Crippen LogP contribution in [-0.4, -0.2) is 13.1 Å². The van der Waals surface area contributed by atoms with Crippen LogP contribution in [0.3, 0.4) is 0 Å². The maximum Gasteiger partial charge on any atom is 0.00207 e. The van der Waals surface area contributed by atoms with Gasteiger partial charge in [0.2, 0.25) is 0 Å². The van der Waals surface area contributed by atoms with Gasteiger partial charge in [-0.3, -0.25) is 0 Å². The number of fused-ring (bicyclic) bond motifs is 5. The molecule has 0 spiro atoms. The summed E-state index contributed by atoms with van der Waals surface area (Å²) in [6.07, 6.45) is 1.38. The van der Waals surface area contributed by atoms with E-state index in [9.17, 15) is 0 Å². The zero-order chi connectivity index (χ0) is 7.97. The third kappa shape index (κ3) is 1.27. The minimum Gasteiger partial charge on any atom is -0.316 e. The minimum absolute atomic E-state index is 0. The lowest BCUT2D eigenvalue weighted by Gasteiger charge is -2.19. The molecule has 1 aliphatic heterocycles. The number of benzene rings is 1. The molecule has 3 rings (SSSR count). The molecule has 13 heavy (non-hydrogen) atoms. The summed E-state index contributed by atoms with van der Waals surface area (Å²) in [7, 11) is 0. The van der Waals surface area contributed by atoms with Crippen LogP contribution in [0.2, 0.25) is 0 Å². The lowest BCUT2D eigenvalue weighted by Crippen LogP contribution is -2.28. The summed E-state index contributed by atoms with van der Waals surface area (Å²) in [6.45, 7) is 2.38. The Morgan fingerprint density at radius 1 is 1.00 bits per heavy atom. The summed E-state index contributed by atoms with van der Waals surface area (Å²) in [6, 6.07) is 8.93. The van der Waals surface area contributed by atoms with Gasteiger partial charge in [-0.15, -0.1) is 12.4 Å². The fourth-order valence-corrected chi connectivity index (χ4v) is 2.67. The molecule has 0 saturated carbocycles. The second-order valence-electron chi connectivity index (χ2n) is 3.92. The molecule has 1 heterocycles. The van der Waals surface area contributed by atoms with E-state index in [0.717, 1.165) is 11.8 Å². The first-order valence-electron chi connectivity index (χ1n) is 4.74. The summed E-state index contributed by atoms with van der Waals surface area (Å²) in [5.41, 5.74) is 3.21. The largest absolute Gasteiger partial charge is 0.316 e. The van der Waals surface area contributed by atoms with Crippen LogP contribution in [0.5, 0.6) is 0 Å². The smallest absolute Gasteiger partial charge is 0.00207 e. The zero-order valence-electron chi connectivity index (χ0n) is 7.49. The lowest BCUT2D eigenvalue weighted by molar-refractivity contribution is 0.454. The molecule has 2 unspecified atom stereocenters. The van der Waals surface area contributed by atoms with Crippen LogP contribution < -0.4 is 5.32 Å². The van der Waals surface area contributed by atoms with E-state index in [1.807, 2.05) is 0 Å². The van der Waals surface area contributed by atoms with Crippen molar-refractivity contribution in [3.63, 3.8) is 0 Å². The first kappa shape index (κ1) is 9.04. The van der Waals surface area contributed by atoms with Gasteiger partial charge in [0.1, 0.15) is 0 Å². The van der Waals surface area contributed by atoms with Gasteiger partial charge in [0.25, 0.3) is 0 Å². The molecule has 1 fully saturated rings. The molecular formula is C11H14ClN. The topological polar surface area (TPSA) is 12.0 Å². The van der Waals surface area contributed by atoms with Gasteiger partial charge < -0.3 is 5.32 Å². The van der Waals surface area contributed by atoms with Crippen LogP contribution in [-0.2, 0) is 0 Å². The fraction of sp³-hybridized carbons (Fsp3) is 0.455. The van der Waals surface area contributed by atoms with Crippen LogP contribution in [0.15, 0.2) is 24.3 Å². The van der Waals surface area contributed by atoms with Crippen molar-refractivity contribution in [2.45, 2.75) is 18.3 Å². The number of piperidine rings is 1. The molecule has 70 valence electrons. The average molecular weight is 196 g/mol. The Morgan fingerprint density at radius 2 is 1.54 bits per heavy atom. The van der Waals surface area contributed by atoms with Crippen molar-refractivity contribution in [1.82, 2.24) is 5.32 Å². The van der Waals surface area contributed by atoms with Gasteiger partial charge in [-0.1, -0.05) is 24.3 Å². The van der Waals surface area contributed by atoms with Gasteiger partial charge in [-0.05, 0) is 29.4 Å². The van der Waals surface area contributed by atoms with E-state index in [-0.39, 0.29) is 12.4 Å². The fourth-order valence-electron chi connectivity index (χ4n) is 2.67. The molecule has 0 aromatic heterocycles. The highest BCUT2D eigenvalue weighted by molar-refractivity contribution is 5.85. The SMILES string of the molecule is Cl.c1ccc2c(c1)C1CNCC2C1. The predicted octanol–water partition coefficient (Wildman–Crippen LogP) is 2.28. The molecule has 2 heteroatoms. The number of hydrogen-bond donors (Lipinski definition) is 1. The zero-order valence-corrected chi connectivity index (χ0v) is 8.31. The molecular weight excluding hydrogens is 182 g/mol. The Bertz CT molecular complexity index is 282. The Hall–Kier alpha value is -0.530. The number of nitrogens with one attached hydrogen (secondary N) is 1. The monoisotopic (exact) mass is 195 g/mol. The van der Waals surface area contributed by atoms with Crippen molar-refractivity contribution in [3.05, 3.63) is 35.4 Å². The van der Waals surface area contributed by atoms with Crippen molar-refractivity contribution < 1.29 is 0 Å². The second-order valence-corrected chi connectivity index (χ2v) is 3.92. The standard InChI is InChI=1S/C11H13N.ClH/c1-2-4-11-9-5-8(6-12-7-9)10(11)3-1;/h1-4,8-9,12H,5-7H2;1H. The van der Waals surface area contributed by atoms with Gasteiger partial charge in [0.05, 0.1) is 0 Å². The van der Waals surface area contributed by atoms with Gasteiger partial charge in [0, 0.05) is 13.1 Å². The van der Waals surface area contributed by atoms with Gasteiger partial charge >= 0.3 is 0 Å². The van der Waals surface area contributed by atoms with Crippen LogP contribution in [0, 0.1) is 0 Å². The van der Waals surface area contributed by atoms with E-state index in [4.69, 9.17) is 0 Å². The lowest BCUT2D eigenvalue weighted by atomic mass is 9.98. The van der Waals surface area contributed by atoms with Crippen LogP contribution >= 0.6 is 12.4 Å². The summed E-state index contributed by atoms with van der Waals surface area (Å²) >= 11 is 0. The third-order valence-electron chi connectivity index (χ3n) is 3.23. The minimum atomic E-state index is 0. The van der Waals surface area contributed by atoms with Crippen LogP contribution in [0.25, 0.3) is 0 Å². The van der Waals surface area contributed by atoms with E-state index in [2.05, 4.69) is 29.6 Å². The van der Waals surface area contributed by atoms with Crippen LogP contribution in [0.1, 0.15) is 29.4 Å². The van der Waals surface area contributed by atoms with E-state index in [0.29, 0.717) is 0 Å². The molecule has 0 amide bonds. The first-order valence-corrected chi connectivity index (χ1v) is 4.74. The normalized spacial score (nSPS) is 29.2. The molecule has 2 atom stereocenters. The second kappa shape index (κ2) is 3.32. The average Bonchev–Trinajstić information content (AvgIpc) is 2.41. The summed E-state index contributed by atoms with van der Waals surface area (Å²) < 4.78 is 0. The van der Waals surface area contributed by atoms with Crippen molar-refractivity contribution >= 4 is 12.4 Å². The molecule has 1 aromatic carbocycles. The quantitative estimate of drug-likeness (QED) is 0.670. The van der Waals surface area contributed by atoms with E-state index in [1.54, 1.807) is 11.1 Å². The number of rotatable bonds is 0. The number of halogens is 1. The Balaban J connectivity index is 0.000000653. The molecule has 1 aliphatic carbocycles. The summed E-state index contributed by atoms with van der Waals surface area (Å²) in [5.74, 6) is 1.61. The van der Waals surface area contributed by atoms with Gasteiger partial charge in [0.15, 0.2) is 0 Å². The Morgan fingerprint density at radius 3 is 2.08 bits per heavy atom. The van der Waals surface area contributed by atoms with Crippen molar-refractivity contribution in [1.29, 1.82) is 0 Å². The molecule has 1 N–H and O–H groups in total. The molecule has 2 aliphatic rings. The Kier molecular flexibility index (Phi) is 2.31. The molecule has 1 nitrogen and oxygen atoms in total. The molecule has 2 bridgehead atoms. The highest BCUT2D eigenvalue weighted by Gasteiger charge is 2.33. The highest BCUT2D eigenvalue weighted by Crippen LogP contribution is 2.42. The highest BCUT2D eigenvalue weighted by atomic mass is 35.5. The Labute approximate surface area is 84.9 Å². The predicted molar refractivity (Wildman–Crippen MR) is 56.7 cm³/mol. The summed E-state index contributed by atoms with van der Waals surface area (Å²) in [4.78, 5) is 0. The first-order chi connectivity index (χ1) is 5.95. The van der Waals surface area contributed by atoms with Crippen molar-refractivity contribution in [2.24, 2.45) is 0 Å². The van der Waals surface area contributed by atoms with E-state index in [1.165, 1.54) is 19.5 Å². The number of hydrogen-bond acceptors (Lipinski definition) is 1. The molecule has 1 aromatic rings. The molecule has 0 radical (unpaired) electrons. The summed E-state index contributed by atoms with van der Waals surface area (Å²) in [5, 5.41) is 3.49. The van der Waals surface area contributed by atoms with Crippen molar-refractivity contribution in [3.8, 4) is 0 Å². The van der Waals surface area contributed by atoms with Gasteiger partial charge in [-0.2, -0.15) is 0 Å². The van der Waals surface area contributed by atoms with Crippen LogP contribution in [0.4, 0.5) is 0 Å². The maximum absolute atomic E-state index is 3.49. The molecule has 1 saturated heterocycles. The van der Waals surface area contributed by atoms with Crippen molar-refractivity contribution in [2.75, 3.05) is 13.1 Å². The third-order valence-corrected chi connectivity index (χ3v) is 3.23. The maximum atomic E-state index is 3.49. The van der Waals surface area contributed by atoms with E-state index < -0.39 is 0 Å².